The number of carboxylic acids is 1. The number of rotatable bonds is 8. The summed E-state index contributed by atoms with van der Waals surface area (Å²) in [4.78, 5) is 10.0. The Morgan fingerprint density at radius 3 is 2.92 bits per heavy atom. The highest BCUT2D eigenvalue weighted by Gasteiger charge is 1.93. The maximum absolute atomic E-state index is 10.0. The van der Waals surface area contributed by atoms with Gasteiger partial charge in [-0.3, -0.25) is 4.79 Å². The summed E-state index contributed by atoms with van der Waals surface area (Å²) >= 11 is 0. The van der Waals surface area contributed by atoms with Crippen LogP contribution in [0.5, 0.6) is 0 Å². The molecule has 0 saturated carbocycles. The third-order valence-corrected chi connectivity index (χ3v) is 1.17. The molecule has 0 aliphatic heterocycles. The van der Waals surface area contributed by atoms with E-state index in [2.05, 4.69) is 11.9 Å². The van der Waals surface area contributed by atoms with Crippen LogP contribution in [0.2, 0.25) is 0 Å². The van der Waals surface area contributed by atoms with E-state index in [4.69, 9.17) is 9.84 Å². The number of nitrogens with one attached hydrogen (secondary N) is 1. The molecule has 0 atom stereocenters. The molecule has 0 unspecified atom stereocenters. The first-order valence-corrected chi connectivity index (χ1v) is 3.88. The van der Waals surface area contributed by atoms with Gasteiger partial charge in [0.2, 0.25) is 0 Å². The molecule has 0 fully saturated rings. The van der Waals surface area contributed by atoms with Crippen LogP contribution in [-0.2, 0) is 9.53 Å². The molecule has 4 nitrogen and oxygen atoms in total. The fourth-order valence-corrected chi connectivity index (χ4v) is 0.608. The summed E-state index contributed by atoms with van der Waals surface area (Å²) in [6.07, 6.45) is 2.61. The number of aliphatic carboxylic acids is 1. The smallest absolute Gasteiger partial charge is 0.317 e. The number of ether oxygens (including phenoxy) is 1. The minimum Gasteiger partial charge on any atom is -0.480 e. The average molecular weight is 173 g/mol. The fraction of sp³-hybridized carbons (Fsp3) is 0.625. The Labute approximate surface area is 72.2 Å². The summed E-state index contributed by atoms with van der Waals surface area (Å²) in [5.41, 5.74) is 0. The van der Waals surface area contributed by atoms with Crippen molar-refractivity contribution in [2.45, 2.75) is 6.42 Å². The van der Waals surface area contributed by atoms with Gasteiger partial charge in [-0.25, -0.2) is 0 Å². The first kappa shape index (κ1) is 11.1. The second-order valence-corrected chi connectivity index (χ2v) is 2.26. The van der Waals surface area contributed by atoms with Crippen molar-refractivity contribution >= 4 is 5.97 Å². The van der Waals surface area contributed by atoms with E-state index < -0.39 is 5.97 Å². The van der Waals surface area contributed by atoms with Gasteiger partial charge >= 0.3 is 5.97 Å². The molecular weight excluding hydrogens is 158 g/mol. The first-order chi connectivity index (χ1) is 5.77. The molecule has 2 N–H and O–H groups in total. The lowest BCUT2D eigenvalue weighted by Gasteiger charge is -2.02. The Morgan fingerprint density at radius 1 is 1.58 bits per heavy atom. The Balaban J connectivity index is 2.90. The van der Waals surface area contributed by atoms with E-state index in [9.17, 15) is 4.79 Å². The normalized spacial score (nSPS) is 9.67. The second kappa shape index (κ2) is 8.23. The van der Waals surface area contributed by atoms with Crippen LogP contribution in [0.3, 0.4) is 0 Å². The lowest BCUT2D eigenvalue weighted by molar-refractivity contribution is -0.135. The van der Waals surface area contributed by atoms with E-state index in [1.165, 1.54) is 0 Å². The molecule has 0 heterocycles. The molecule has 0 aromatic rings. The van der Waals surface area contributed by atoms with Crippen molar-refractivity contribution in [1.29, 1.82) is 0 Å². The van der Waals surface area contributed by atoms with Gasteiger partial charge in [-0.1, -0.05) is 6.08 Å². The predicted octanol–water partition coefficient (Wildman–Crippen LogP) is 0.253. The zero-order valence-corrected chi connectivity index (χ0v) is 7.08. The number of hydrogen-bond acceptors (Lipinski definition) is 3. The Kier molecular flexibility index (Phi) is 7.63. The molecule has 0 spiro atoms. The fourth-order valence-electron chi connectivity index (χ4n) is 0.608. The highest BCUT2D eigenvalue weighted by atomic mass is 16.5. The maximum Gasteiger partial charge on any atom is 0.317 e. The summed E-state index contributed by atoms with van der Waals surface area (Å²) in [6.45, 7) is 5.30. The zero-order chi connectivity index (χ0) is 9.23. The zero-order valence-electron chi connectivity index (χ0n) is 7.08. The van der Waals surface area contributed by atoms with E-state index in [0.717, 1.165) is 6.42 Å². The van der Waals surface area contributed by atoms with Gasteiger partial charge in [0.25, 0.3) is 0 Å². The van der Waals surface area contributed by atoms with Crippen molar-refractivity contribution in [3.8, 4) is 0 Å². The van der Waals surface area contributed by atoms with Crippen LogP contribution in [0.15, 0.2) is 12.7 Å². The van der Waals surface area contributed by atoms with E-state index in [0.29, 0.717) is 19.8 Å². The highest BCUT2D eigenvalue weighted by Crippen LogP contribution is 1.81. The molecule has 0 aromatic heterocycles. The van der Waals surface area contributed by atoms with Crippen molar-refractivity contribution in [2.24, 2.45) is 0 Å². The molecule has 0 rings (SSSR count). The molecule has 0 amide bonds. The van der Waals surface area contributed by atoms with E-state index in [1.54, 1.807) is 6.08 Å². The molecule has 0 bridgehead atoms. The molecule has 0 aliphatic rings. The van der Waals surface area contributed by atoms with Gasteiger partial charge < -0.3 is 15.2 Å². The number of hydrogen-bond donors (Lipinski definition) is 2. The molecule has 0 saturated heterocycles. The van der Waals surface area contributed by atoms with Gasteiger partial charge in [-0.05, 0) is 6.42 Å². The first-order valence-electron chi connectivity index (χ1n) is 3.88. The van der Waals surface area contributed by atoms with Crippen LogP contribution in [0.4, 0.5) is 0 Å². The van der Waals surface area contributed by atoms with E-state index in [1.807, 2.05) is 0 Å². The van der Waals surface area contributed by atoms with Crippen molar-refractivity contribution in [2.75, 3.05) is 26.3 Å². The molecule has 12 heavy (non-hydrogen) atoms. The quantitative estimate of drug-likeness (QED) is 0.408. The van der Waals surface area contributed by atoms with E-state index >= 15 is 0 Å². The Morgan fingerprint density at radius 2 is 2.33 bits per heavy atom. The highest BCUT2D eigenvalue weighted by molar-refractivity contribution is 5.68. The third-order valence-electron chi connectivity index (χ3n) is 1.17. The standard InChI is InChI=1S/C8H15NO3/c1-2-3-5-12-6-4-9-7-8(10)11/h2,9H,1,3-7H2,(H,10,11). The monoisotopic (exact) mass is 173 g/mol. The largest absolute Gasteiger partial charge is 0.480 e. The van der Waals surface area contributed by atoms with Crippen LogP contribution in [-0.4, -0.2) is 37.4 Å². The van der Waals surface area contributed by atoms with Gasteiger partial charge in [0.1, 0.15) is 0 Å². The van der Waals surface area contributed by atoms with Crippen LogP contribution in [0.25, 0.3) is 0 Å². The Bertz CT molecular complexity index is 136. The predicted molar refractivity (Wildman–Crippen MR) is 46.1 cm³/mol. The third kappa shape index (κ3) is 9.13. The summed E-state index contributed by atoms with van der Waals surface area (Å²) in [7, 11) is 0. The maximum atomic E-state index is 10.0. The molecule has 0 aliphatic carbocycles. The summed E-state index contributed by atoms with van der Waals surface area (Å²) < 4.78 is 5.13. The second-order valence-electron chi connectivity index (χ2n) is 2.26. The summed E-state index contributed by atoms with van der Waals surface area (Å²) in [6, 6.07) is 0. The van der Waals surface area contributed by atoms with Crippen LogP contribution < -0.4 is 5.32 Å². The topological polar surface area (TPSA) is 58.6 Å². The van der Waals surface area contributed by atoms with Gasteiger partial charge in [0.15, 0.2) is 0 Å². The lowest BCUT2D eigenvalue weighted by Crippen LogP contribution is -2.26. The van der Waals surface area contributed by atoms with Crippen molar-refractivity contribution in [1.82, 2.24) is 5.32 Å². The van der Waals surface area contributed by atoms with Crippen molar-refractivity contribution < 1.29 is 14.6 Å². The number of carboxylic acid groups (broad SMARTS) is 1. The van der Waals surface area contributed by atoms with Gasteiger partial charge in [0.05, 0.1) is 19.8 Å². The van der Waals surface area contributed by atoms with Crippen LogP contribution >= 0.6 is 0 Å². The van der Waals surface area contributed by atoms with Gasteiger partial charge in [-0.15, -0.1) is 6.58 Å². The molecular formula is C8H15NO3. The minimum atomic E-state index is -0.846. The molecule has 0 aromatic carbocycles. The Hall–Kier alpha value is -0.870. The average Bonchev–Trinajstić information content (AvgIpc) is 2.02. The van der Waals surface area contributed by atoms with Crippen molar-refractivity contribution in [3.05, 3.63) is 12.7 Å². The van der Waals surface area contributed by atoms with E-state index in [-0.39, 0.29) is 6.54 Å². The van der Waals surface area contributed by atoms with Gasteiger partial charge in [0, 0.05) is 6.54 Å². The minimum absolute atomic E-state index is 0.00911. The summed E-state index contributed by atoms with van der Waals surface area (Å²) in [5, 5.41) is 10.9. The van der Waals surface area contributed by atoms with Crippen LogP contribution in [0, 0.1) is 0 Å². The molecule has 0 radical (unpaired) electrons. The summed E-state index contributed by atoms with van der Waals surface area (Å²) in [5.74, 6) is -0.846. The SMILES string of the molecule is C=CCCOCCNCC(=O)O. The molecule has 4 heteroatoms. The van der Waals surface area contributed by atoms with Crippen molar-refractivity contribution in [3.63, 3.8) is 0 Å². The number of carbonyl (C=O) groups is 1. The lowest BCUT2D eigenvalue weighted by atomic mass is 10.4. The van der Waals surface area contributed by atoms with Crippen LogP contribution in [0.1, 0.15) is 6.42 Å². The molecule has 70 valence electrons. The van der Waals surface area contributed by atoms with Gasteiger partial charge in [-0.2, -0.15) is 0 Å².